The van der Waals surface area contributed by atoms with Gasteiger partial charge in [-0.25, -0.2) is 0 Å². The minimum Gasteiger partial charge on any atom is -0.440 e. The fraction of sp³-hybridized carbons (Fsp3) is 0.211. The van der Waals surface area contributed by atoms with Crippen molar-refractivity contribution < 1.29 is 14.1 Å². The summed E-state index contributed by atoms with van der Waals surface area (Å²) < 4.78 is 10.4. The number of aryl methyl sites for hydroxylation is 2. The highest BCUT2D eigenvalue weighted by atomic mass is 35.5. The van der Waals surface area contributed by atoms with Crippen LogP contribution in [0.2, 0.25) is 5.02 Å². The van der Waals surface area contributed by atoms with Gasteiger partial charge in [0.15, 0.2) is 12.4 Å². The van der Waals surface area contributed by atoms with Gasteiger partial charge >= 0.3 is 6.08 Å². The maximum Gasteiger partial charge on any atom is 0.418 e. The fourth-order valence-corrected chi connectivity index (χ4v) is 3.20. The molecule has 0 fully saturated rings. The lowest BCUT2D eigenvalue weighted by Gasteiger charge is -2.04. The Kier molecular flexibility index (Phi) is 4.24. The maximum absolute atomic E-state index is 12.3. The van der Waals surface area contributed by atoms with Crippen LogP contribution in [0.3, 0.4) is 0 Å². The van der Waals surface area contributed by atoms with Crippen molar-refractivity contribution in [2.45, 2.75) is 19.3 Å². The molecule has 6 heteroatoms. The summed E-state index contributed by atoms with van der Waals surface area (Å²) in [5, 5.41) is 4.36. The zero-order chi connectivity index (χ0) is 17.2. The Hall–Kier alpha value is -2.66. The van der Waals surface area contributed by atoms with Crippen molar-refractivity contribution >= 4 is 17.4 Å². The van der Waals surface area contributed by atoms with Gasteiger partial charge in [0.2, 0.25) is 5.82 Å². The van der Waals surface area contributed by atoms with Crippen molar-refractivity contribution in [2.75, 3.05) is 6.61 Å². The Labute approximate surface area is 149 Å². The molecule has 126 valence electrons. The van der Waals surface area contributed by atoms with E-state index in [9.17, 15) is 4.79 Å². The molecule has 0 spiro atoms. The number of benzene rings is 2. The number of rotatable bonds is 5. The first-order valence-electron chi connectivity index (χ1n) is 8.07. The van der Waals surface area contributed by atoms with E-state index in [1.807, 2.05) is 30.3 Å². The topological polar surface area (TPSA) is 65.2 Å². The van der Waals surface area contributed by atoms with Crippen molar-refractivity contribution in [1.29, 1.82) is 0 Å². The summed E-state index contributed by atoms with van der Waals surface area (Å²) in [5.74, 6) is 0.206. The van der Waals surface area contributed by atoms with Crippen LogP contribution in [0.15, 0.2) is 47.0 Å². The molecule has 0 aliphatic heterocycles. The van der Waals surface area contributed by atoms with E-state index in [0.717, 1.165) is 19.3 Å². The highest BCUT2D eigenvalue weighted by Crippen LogP contribution is 2.26. The van der Waals surface area contributed by atoms with Crippen molar-refractivity contribution in [1.82, 2.24) is 10.1 Å². The summed E-state index contributed by atoms with van der Waals surface area (Å²) in [6.45, 7) is -0.150. The molecule has 0 N–H and O–H groups in total. The number of carbonyl (C=O) groups excluding carboxylic acids is 1. The molecule has 2 aromatic carbocycles. The third-order valence-corrected chi connectivity index (χ3v) is 4.60. The first kappa shape index (κ1) is 15.8. The molecule has 1 aromatic heterocycles. The van der Waals surface area contributed by atoms with E-state index < -0.39 is 0 Å². The zero-order valence-electron chi connectivity index (χ0n) is 13.4. The lowest BCUT2D eigenvalue weighted by Crippen LogP contribution is -2.12. The molecule has 0 saturated carbocycles. The van der Waals surface area contributed by atoms with E-state index >= 15 is 0 Å². The smallest absolute Gasteiger partial charge is 0.418 e. The fourth-order valence-electron chi connectivity index (χ4n) is 2.98. The summed E-state index contributed by atoms with van der Waals surface area (Å²) in [5.41, 5.74) is 3.88. The van der Waals surface area contributed by atoms with Gasteiger partial charge in [-0.2, -0.15) is 4.98 Å². The quantitative estimate of drug-likeness (QED) is 0.644. The first-order chi connectivity index (χ1) is 12.2. The average molecular weight is 355 g/mol. The number of nitrogens with zero attached hydrogens (tertiary/aromatic N) is 2. The predicted octanol–water partition coefficient (Wildman–Crippen LogP) is 4.14. The van der Waals surface area contributed by atoms with Gasteiger partial charge in [-0.1, -0.05) is 41.0 Å². The molecule has 0 radical (unpaired) electrons. The Balaban J connectivity index is 1.43. The van der Waals surface area contributed by atoms with Crippen LogP contribution >= 0.6 is 11.6 Å². The number of aromatic nitrogens is 2. The Morgan fingerprint density at radius 2 is 2.00 bits per heavy atom. The van der Waals surface area contributed by atoms with E-state index in [4.69, 9.17) is 20.9 Å². The number of Topliss-reactive ketones (excluding diaryl/α,β-unsaturated/α-hetero) is 1. The van der Waals surface area contributed by atoms with Crippen molar-refractivity contribution in [3.8, 4) is 17.5 Å². The highest BCUT2D eigenvalue weighted by Gasteiger charge is 2.16. The number of ketones is 1. The number of ether oxygens (including phenoxy) is 1. The molecule has 5 nitrogen and oxygen atoms in total. The minimum atomic E-state index is -0.150. The van der Waals surface area contributed by atoms with Gasteiger partial charge in [0, 0.05) is 11.1 Å². The minimum absolute atomic E-state index is 0.0515. The normalized spacial score (nSPS) is 12.8. The first-order valence-corrected chi connectivity index (χ1v) is 8.45. The van der Waals surface area contributed by atoms with E-state index in [0.29, 0.717) is 22.0 Å². The van der Waals surface area contributed by atoms with Gasteiger partial charge in [0.25, 0.3) is 0 Å². The van der Waals surface area contributed by atoms with Crippen molar-refractivity contribution in [3.63, 3.8) is 0 Å². The van der Waals surface area contributed by atoms with Crippen LogP contribution in [0.4, 0.5) is 0 Å². The molecule has 1 aliphatic carbocycles. The van der Waals surface area contributed by atoms with Crippen LogP contribution in [0.25, 0.3) is 11.4 Å². The van der Waals surface area contributed by atoms with Crippen LogP contribution in [0.1, 0.15) is 27.9 Å². The van der Waals surface area contributed by atoms with Crippen LogP contribution in [-0.4, -0.2) is 22.5 Å². The predicted molar refractivity (Wildman–Crippen MR) is 93.0 cm³/mol. The van der Waals surface area contributed by atoms with Gasteiger partial charge in [-0.3, -0.25) is 9.32 Å². The van der Waals surface area contributed by atoms with Gasteiger partial charge < -0.3 is 4.74 Å². The Bertz CT molecular complexity index is 936. The summed E-state index contributed by atoms with van der Waals surface area (Å²) in [4.78, 5) is 16.4. The van der Waals surface area contributed by atoms with Crippen LogP contribution in [0, 0.1) is 0 Å². The molecular formula is C19H15ClN2O3. The summed E-state index contributed by atoms with van der Waals surface area (Å²) >= 11 is 6.11. The van der Waals surface area contributed by atoms with E-state index in [1.165, 1.54) is 11.1 Å². The monoisotopic (exact) mass is 354 g/mol. The van der Waals surface area contributed by atoms with Crippen LogP contribution < -0.4 is 4.74 Å². The van der Waals surface area contributed by atoms with Crippen molar-refractivity contribution in [2.24, 2.45) is 0 Å². The van der Waals surface area contributed by atoms with Gasteiger partial charge in [-0.15, -0.1) is 0 Å². The Morgan fingerprint density at radius 3 is 2.88 bits per heavy atom. The molecule has 1 aliphatic rings. The molecule has 3 aromatic rings. The summed E-state index contributed by atoms with van der Waals surface area (Å²) in [7, 11) is 0. The van der Waals surface area contributed by atoms with Gasteiger partial charge in [0.05, 0.1) is 5.02 Å². The zero-order valence-corrected chi connectivity index (χ0v) is 14.1. The second-order valence-electron chi connectivity index (χ2n) is 5.91. The molecular weight excluding hydrogens is 340 g/mol. The lowest BCUT2D eigenvalue weighted by atomic mass is 10.0. The van der Waals surface area contributed by atoms with Crippen LogP contribution in [-0.2, 0) is 12.8 Å². The molecule has 4 rings (SSSR count). The number of halogens is 1. The molecule has 25 heavy (non-hydrogen) atoms. The molecule has 0 amide bonds. The van der Waals surface area contributed by atoms with E-state index in [-0.39, 0.29) is 18.5 Å². The van der Waals surface area contributed by atoms with E-state index in [1.54, 1.807) is 12.1 Å². The molecule has 0 atom stereocenters. The highest BCUT2D eigenvalue weighted by molar-refractivity contribution is 6.33. The molecule has 0 bridgehead atoms. The molecule has 0 unspecified atom stereocenters. The summed E-state index contributed by atoms with van der Waals surface area (Å²) in [6, 6.07) is 13.0. The van der Waals surface area contributed by atoms with Crippen LogP contribution in [0.5, 0.6) is 6.08 Å². The third kappa shape index (κ3) is 3.28. The maximum atomic E-state index is 12.3. The molecule has 0 saturated heterocycles. The lowest BCUT2D eigenvalue weighted by molar-refractivity contribution is 0.0884. The SMILES string of the molecule is O=C(COc1nc(-c2ccccc2Cl)no1)c1ccc2c(c1)CCC2. The largest absolute Gasteiger partial charge is 0.440 e. The third-order valence-electron chi connectivity index (χ3n) is 4.27. The second kappa shape index (κ2) is 6.69. The van der Waals surface area contributed by atoms with E-state index in [2.05, 4.69) is 10.1 Å². The average Bonchev–Trinajstić information content (AvgIpc) is 3.28. The molecule has 1 heterocycles. The second-order valence-corrected chi connectivity index (χ2v) is 6.32. The number of hydrogen-bond acceptors (Lipinski definition) is 5. The van der Waals surface area contributed by atoms with Gasteiger partial charge in [-0.05, 0) is 48.6 Å². The number of fused-ring (bicyclic) bond motifs is 1. The van der Waals surface area contributed by atoms with Crippen molar-refractivity contribution in [3.05, 3.63) is 64.2 Å². The Morgan fingerprint density at radius 1 is 1.16 bits per heavy atom. The van der Waals surface area contributed by atoms with Gasteiger partial charge in [0.1, 0.15) is 0 Å². The number of carbonyl (C=O) groups is 1. The standard InChI is InChI=1S/C19H15ClN2O3/c20-16-7-2-1-6-15(16)18-21-19(25-22-18)24-11-17(23)14-9-8-12-4-3-5-13(12)10-14/h1-2,6-10H,3-5,11H2. The summed E-state index contributed by atoms with van der Waals surface area (Å²) in [6.07, 6.45) is 3.22. The number of hydrogen-bond donors (Lipinski definition) is 0.